The minimum absolute atomic E-state index is 0.0000723. The molecule has 1 aromatic heterocycles. The Hall–Kier alpha value is -2.89. The lowest BCUT2D eigenvalue weighted by atomic mass is 10.2. The van der Waals surface area contributed by atoms with Crippen LogP contribution in [-0.4, -0.2) is 16.8 Å². The van der Waals surface area contributed by atoms with Crippen molar-refractivity contribution in [1.82, 2.24) is 4.98 Å². The van der Waals surface area contributed by atoms with Gasteiger partial charge in [0.15, 0.2) is 5.43 Å². The molecule has 0 unspecified atom stereocenters. The number of rotatable bonds is 3. The van der Waals surface area contributed by atoms with Gasteiger partial charge in [0.1, 0.15) is 5.56 Å². The average Bonchev–Trinajstić information content (AvgIpc) is 2.38. The number of nitrogens with one attached hydrogen (secondary N) is 2. The fourth-order valence-corrected chi connectivity index (χ4v) is 1.70. The highest BCUT2D eigenvalue weighted by molar-refractivity contribution is 6.04. The lowest BCUT2D eigenvalue weighted by molar-refractivity contribution is 0.0996. The van der Waals surface area contributed by atoms with Gasteiger partial charge in [-0.3, -0.25) is 14.4 Å². The van der Waals surface area contributed by atoms with E-state index < -0.39 is 11.8 Å². The molecular formula is C14H13N3O3. The van der Waals surface area contributed by atoms with Crippen LogP contribution in [0.1, 0.15) is 26.4 Å². The molecule has 0 aliphatic heterocycles. The molecule has 4 N–H and O–H groups in total. The second-order valence-electron chi connectivity index (χ2n) is 4.29. The second-order valence-corrected chi connectivity index (χ2v) is 4.29. The van der Waals surface area contributed by atoms with E-state index >= 15 is 0 Å². The number of nitrogens with two attached hydrogens (primary N) is 1. The van der Waals surface area contributed by atoms with Gasteiger partial charge in [-0.15, -0.1) is 0 Å². The topological polar surface area (TPSA) is 105 Å². The Morgan fingerprint density at radius 3 is 2.65 bits per heavy atom. The van der Waals surface area contributed by atoms with Gasteiger partial charge in [-0.25, -0.2) is 0 Å². The zero-order chi connectivity index (χ0) is 14.7. The van der Waals surface area contributed by atoms with Crippen LogP contribution in [0.4, 0.5) is 5.69 Å². The van der Waals surface area contributed by atoms with E-state index in [1.165, 1.54) is 24.4 Å². The maximum absolute atomic E-state index is 12.0. The van der Waals surface area contributed by atoms with Crippen molar-refractivity contribution in [2.75, 3.05) is 5.32 Å². The molecule has 102 valence electrons. The van der Waals surface area contributed by atoms with Crippen molar-refractivity contribution in [3.05, 3.63) is 63.6 Å². The standard InChI is InChI=1S/C14H13N3O3/c1-8-5-12(18)11(7-16-8)14(20)17-10-4-2-3-9(6-10)13(15)19/h2-7H,1H3,(H2,15,19)(H,16,18)(H,17,20). The zero-order valence-corrected chi connectivity index (χ0v) is 10.8. The zero-order valence-electron chi connectivity index (χ0n) is 10.8. The van der Waals surface area contributed by atoms with E-state index in [-0.39, 0.29) is 16.6 Å². The van der Waals surface area contributed by atoms with Gasteiger partial charge in [-0.05, 0) is 25.1 Å². The lowest BCUT2D eigenvalue weighted by Gasteiger charge is -2.06. The first kappa shape index (κ1) is 13.5. The summed E-state index contributed by atoms with van der Waals surface area (Å²) in [6.45, 7) is 1.72. The number of aromatic nitrogens is 1. The quantitative estimate of drug-likeness (QED) is 0.776. The smallest absolute Gasteiger partial charge is 0.261 e. The minimum atomic E-state index is -0.589. The molecule has 2 rings (SSSR count). The number of hydrogen-bond acceptors (Lipinski definition) is 3. The highest BCUT2D eigenvalue weighted by atomic mass is 16.2. The van der Waals surface area contributed by atoms with Crippen molar-refractivity contribution in [2.45, 2.75) is 6.92 Å². The summed E-state index contributed by atoms with van der Waals surface area (Å²) in [5.74, 6) is -1.14. The molecule has 0 spiro atoms. The number of primary amides is 1. The molecule has 1 heterocycles. The summed E-state index contributed by atoms with van der Waals surface area (Å²) >= 11 is 0. The monoisotopic (exact) mass is 271 g/mol. The fourth-order valence-electron chi connectivity index (χ4n) is 1.70. The first-order chi connectivity index (χ1) is 9.47. The summed E-state index contributed by atoms with van der Waals surface area (Å²) in [7, 11) is 0. The summed E-state index contributed by atoms with van der Waals surface area (Å²) in [4.78, 5) is 37.5. The van der Waals surface area contributed by atoms with E-state index in [0.29, 0.717) is 11.4 Å². The molecular weight excluding hydrogens is 258 g/mol. The molecule has 2 aromatic rings. The van der Waals surface area contributed by atoms with Gasteiger partial charge in [-0.1, -0.05) is 6.07 Å². The van der Waals surface area contributed by atoms with Crippen molar-refractivity contribution >= 4 is 17.5 Å². The Kier molecular flexibility index (Phi) is 3.65. The lowest BCUT2D eigenvalue weighted by Crippen LogP contribution is -2.21. The van der Waals surface area contributed by atoms with Crippen LogP contribution >= 0.6 is 0 Å². The second kappa shape index (κ2) is 5.40. The first-order valence-electron chi connectivity index (χ1n) is 5.88. The SMILES string of the molecule is Cc1cc(=O)c(C(=O)Nc2cccc(C(N)=O)c2)c[nH]1. The van der Waals surface area contributed by atoms with Crippen molar-refractivity contribution in [2.24, 2.45) is 5.73 Å². The van der Waals surface area contributed by atoms with Crippen LogP contribution in [-0.2, 0) is 0 Å². The largest absolute Gasteiger partial charge is 0.366 e. The maximum atomic E-state index is 12.0. The molecule has 0 fully saturated rings. The predicted octanol–water partition coefficient (Wildman–Crippen LogP) is 1.03. The van der Waals surface area contributed by atoms with Crippen molar-refractivity contribution in [3.63, 3.8) is 0 Å². The third-order valence-corrected chi connectivity index (χ3v) is 2.71. The Morgan fingerprint density at radius 2 is 2.00 bits per heavy atom. The highest BCUT2D eigenvalue weighted by Crippen LogP contribution is 2.11. The van der Waals surface area contributed by atoms with Gasteiger partial charge in [0.2, 0.25) is 5.91 Å². The fraction of sp³-hybridized carbons (Fsp3) is 0.0714. The van der Waals surface area contributed by atoms with E-state index in [2.05, 4.69) is 10.3 Å². The molecule has 0 aliphatic carbocycles. The predicted molar refractivity (Wildman–Crippen MR) is 74.7 cm³/mol. The molecule has 0 saturated carbocycles. The van der Waals surface area contributed by atoms with Crippen molar-refractivity contribution in [1.29, 1.82) is 0 Å². The van der Waals surface area contributed by atoms with Gasteiger partial charge in [0.25, 0.3) is 5.91 Å². The summed E-state index contributed by atoms with van der Waals surface area (Å²) in [5.41, 5.74) is 6.13. The minimum Gasteiger partial charge on any atom is -0.366 e. The molecule has 2 amide bonds. The highest BCUT2D eigenvalue weighted by Gasteiger charge is 2.11. The van der Waals surface area contributed by atoms with Crippen LogP contribution in [0.15, 0.2) is 41.3 Å². The third-order valence-electron chi connectivity index (χ3n) is 2.71. The number of carbonyl (C=O) groups is 2. The molecule has 1 aromatic carbocycles. The Balaban J connectivity index is 2.25. The molecule has 6 nitrogen and oxygen atoms in total. The number of aryl methyl sites for hydroxylation is 1. The number of carbonyl (C=O) groups excluding carboxylic acids is 2. The molecule has 0 saturated heterocycles. The molecule has 0 bridgehead atoms. The van der Waals surface area contributed by atoms with Gasteiger partial charge in [0, 0.05) is 29.2 Å². The molecule has 0 radical (unpaired) electrons. The van der Waals surface area contributed by atoms with Crippen LogP contribution < -0.4 is 16.5 Å². The number of hydrogen-bond donors (Lipinski definition) is 3. The van der Waals surface area contributed by atoms with Crippen molar-refractivity contribution in [3.8, 4) is 0 Å². The summed E-state index contributed by atoms with van der Waals surface area (Å²) in [5, 5.41) is 2.55. The van der Waals surface area contributed by atoms with Crippen LogP contribution in [0, 0.1) is 6.92 Å². The van der Waals surface area contributed by atoms with Crippen LogP contribution in [0.3, 0.4) is 0 Å². The van der Waals surface area contributed by atoms with E-state index in [4.69, 9.17) is 5.73 Å². The number of amides is 2. The van der Waals surface area contributed by atoms with Gasteiger partial charge in [0.05, 0.1) is 0 Å². The maximum Gasteiger partial charge on any atom is 0.261 e. The van der Waals surface area contributed by atoms with E-state index in [1.54, 1.807) is 19.1 Å². The Morgan fingerprint density at radius 1 is 1.25 bits per heavy atom. The number of pyridine rings is 1. The normalized spacial score (nSPS) is 10.1. The summed E-state index contributed by atoms with van der Waals surface area (Å²) in [6.07, 6.45) is 1.35. The molecule has 0 atom stereocenters. The molecule has 20 heavy (non-hydrogen) atoms. The van der Waals surface area contributed by atoms with Crippen LogP contribution in [0.2, 0.25) is 0 Å². The summed E-state index contributed by atoms with van der Waals surface area (Å²) in [6, 6.07) is 7.52. The van der Waals surface area contributed by atoms with E-state index in [0.717, 1.165) is 0 Å². The average molecular weight is 271 g/mol. The number of benzene rings is 1. The first-order valence-corrected chi connectivity index (χ1v) is 5.88. The van der Waals surface area contributed by atoms with Gasteiger partial charge in [-0.2, -0.15) is 0 Å². The third kappa shape index (κ3) is 2.92. The van der Waals surface area contributed by atoms with E-state index in [1.807, 2.05) is 0 Å². The number of H-pyrrole nitrogens is 1. The number of anilines is 1. The van der Waals surface area contributed by atoms with E-state index in [9.17, 15) is 14.4 Å². The van der Waals surface area contributed by atoms with Gasteiger partial charge >= 0.3 is 0 Å². The molecule has 6 heteroatoms. The van der Waals surface area contributed by atoms with Gasteiger partial charge < -0.3 is 16.0 Å². The van der Waals surface area contributed by atoms with Crippen LogP contribution in [0.5, 0.6) is 0 Å². The number of aromatic amines is 1. The van der Waals surface area contributed by atoms with Crippen LogP contribution in [0.25, 0.3) is 0 Å². The summed E-state index contributed by atoms with van der Waals surface area (Å²) < 4.78 is 0. The Bertz CT molecular complexity index is 734. The Labute approximate surface area is 114 Å². The molecule has 0 aliphatic rings. The van der Waals surface area contributed by atoms with Crippen molar-refractivity contribution < 1.29 is 9.59 Å².